The van der Waals surface area contributed by atoms with Crippen molar-refractivity contribution in [3.63, 3.8) is 0 Å². The Bertz CT molecular complexity index is 82.4. The van der Waals surface area contributed by atoms with E-state index in [1.807, 2.05) is 0 Å². The first kappa shape index (κ1) is 5.83. The Kier molecular flexibility index (Phi) is 2.10. The molecular weight excluding hydrogens is 100 g/mol. The highest BCUT2D eigenvalue weighted by Crippen LogP contribution is 2.10. The van der Waals surface area contributed by atoms with E-state index in [9.17, 15) is 0 Å². The van der Waals surface area contributed by atoms with Crippen molar-refractivity contribution in [1.29, 1.82) is 0 Å². The maximum absolute atomic E-state index is 4.97. The van der Waals surface area contributed by atoms with Gasteiger partial charge in [-0.15, -0.1) is 0 Å². The minimum atomic E-state index is 0.474. The van der Waals surface area contributed by atoms with Crippen LogP contribution in [-0.4, -0.2) is 12.7 Å². The summed E-state index contributed by atoms with van der Waals surface area (Å²) in [6, 6.07) is 0. The second kappa shape index (κ2) is 2.88. The van der Waals surface area contributed by atoms with E-state index in [2.05, 4.69) is 19.1 Å². The van der Waals surface area contributed by atoms with Gasteiger partial charge in [-0.3, -0.25) is 0 Å². The fraction of sp³-hybridized carbons (Fsp3) is 0.714. The van der Waals surface area contributed by atoms with Crippen molar-refractivity contribution in [2.45, 2.75) is 25.9 Å². The maximum Gasteiger partial charge on any atom is 0.0991 e. The summed E-state index contributed by atoms with van der Waals surface area (Å²) in [6.07, 6.45) is 7.24. The van der Waals surface area contributed by atoms with Gasteiger partial charge in [0.05, 0.1) is 12.7 Å². The normalized spacial score (nSPS) is 26.9. The molecule has 1 aliphatic rings. The molecule has 0 aromatic carbocycles. The van der Waals surface area contributed by atoms with Crippen molar-refractivity contribution < 1.29 is 4.74 Å². The number of unbranched alkanes of at least 4 members (excludes halogenated alkanes) is 1. The molecule has 0 saturated carbocycles. The van der Waals surface area contributed by atoms with Gasteiger partial charge < -0.3 is 4.74 Å². The molecule has 1 atom stereocenters. The maximum atomic E-state index is 4.97. The van der Waals surface area contributed by atoms with Crippen molar-refractivity contribution in [3.05, 3.63) is 12.2 Å². The summed E-state index contributed by atoms with van der Waals surface area (Å²) in [4.78, 5) is 0. The van der Waals surface area contributed by atoms with Crippen molar-refractivity contribution in [2.24, 2.45) is 0 Å². The number of hydrogen-bond acceptors (Lipinski definition) is 1. The standard InChI is InChI=1S/C7H12O/c1-2-3-4-5-7-6-8-7/h4-5,7H,2-3,6H2,1H3/b5-4+/t7-/m1/s1. The van der Waals surface area contributed by atoms with Crippen molar-refractivity contribution in [3.8, 4) is 0 Å². The van der Waals surface area contributed by atoms with Crippen LogP contribution in [0.4, 0.5) is 0 Å². The molecule has 8 heavy (non-hydrogen) atoms. The lowest BCUT2D eigenvalue weighted by Crippen LogP contribution is -1.72. The zero-order valence-corrected chi connectivity index (χ0v) is 5.26. The van der Waals surface area contributed by atoms with Crippen LogP contribution in [0.15, 0.2) is 12.2 Å². The predicted octanol–water partition coefficient (Wildman–Crippen LogP) is 1.74. The largest absolute Gasteiger partial charge is 0.369 e. The second-order valence-corrected chi connectivity index (χ2v) is 2.09. The fourth-order valence-corrected chi connectivity index (χ4v) is 0.581. The lowest BCUT2D eigenvalue weighted by molar-refractivity contribution is 0.439. The van der Waals surface area contributed by atoms with E-state index >= 15 is 0 Å². The number of rotatable bonds is 3. The Balaban J connectivity index is 1.96. The van der Waals surface area contributed by atoms with Gasteiger partial charge in [0.25, 0.3) is 0 Å². The topological polar surface area (TPSA) is 12.5 Å². The highest BCUT2D eigenvalue weighted by molar-refractivity contribution is 4.95. The molecule has 1 nitrogen and oxygen atoms in total. The second-order valence-electron chi connectivity index (χ2n) is 2.09. The van der Waals surface area contributed by atoms with Gasteiger partial charge in [0, 0.05) is 0 Å². The summed E-state index contributed by atoms with van der Waals surface area (Å²) in [6.45, 7) is 3.12. The first-order chi connectivity index (χ1) is 3.93. The number of allylic oxidation sites excluding steroid dienone is 1. The number of hydrogen-bond donors (Lipinski definition) is 0. The fourth-order valence-electron chi connectivity index (χ4n) is 0.581. The summed E-state index contributed by atoms with van der Waals surface area (Å²) in [5.41, 5.74) is 0. The van der Waals surface area contributed by atoms with Gasteiger partial charge in [-0.05, 0) is 6.42 Å². The van der Waals surface area contributed by atoms with E-state index < -0.39 is 0 Å². The van der Waals surface area contributed by atoms with Gasteiger partial charge in [0.1, 0.15) is 0 Å². The molecule has 0 bridgehead atoms. The van der Waals surface area contributed by atoms with E-state index in [4.69, 9.17) is 4.74 Å². The van der Waals surface area contributed by atoms with Crippen molar-refractivity contribution >= 4 is 0 Å². The molecule has 1 heteroatoms. The Morgan fingerprint density at radius 2 is 2.50 bits per heavy atom. The van der Waals surface area contributed by atoms with Crippen molar-refractivity contribution in [1.82, 2.24) is 0 Å². The molecule has 0 N–H and O–H groups in total. The molecule has 1 rings (SSSR count). The lowest BCUT2D eigenvalue weighted by atomic mass is 10.3. The van der Waals surface area contributed by atoms with Crippen LogP contribution in [0.2, 0.25) is 0 Å². The average molecular weight is 112 g/mol. The molecule has 0 spiro atoms. The molecule has 0 aromatic rings. The molecule has 0 aliphatic carbocycles. The molecule has 0 amide bonds. The monoisotopic (exact) mass is 112 g/mol. The highest BCUT2D eigenvalue weighted by atomic mass is 16.6. The SMILES string of the molecule is CCC/C=C/[C@@H]1CO1. The quantitative estimate of drug-likeness (QED) is 0.400. The van der Waals surface area contributed by atoms with Crippen LogP contribution in [-0.2, 0) is 4.74 Å². The molecule has 1 fully saturated rings. The molecule has 0 radical (unpaired) electrons. The third-order valence-electron chi connectivity index (χ3n) is 1.17. The third kappa shape index (κ3) is 2.12. The predicted molar refractivity (Wildman–Crippen MR) is 33.8 cm³/mol. The number of epoxide rings is 1. The van der Waals surface area contributed by atoms with Crippen LogP contribution < -0.4 is 0 Å². The molecular formula is C7H12O. The summed E-state index contributed by atoms with van der Waals surface area (Å²) in [5.74, 6) is 0. The molecule has 1 saturated heterocycles. The van der Waals surface area contributed by atoms with Crippen LogP contribution in [0.25, 0.3) is 0 Å². The van der Waals surface area contributed by atoms with Crippen LogP contribution >= 0.6 is 0 Å². The highest BCUT2D eigenvalue weighted by Gasteiger charge is 2.17. The molecule has 1 heterocycles. The average Bonchev–Trinajstić information content (AvgIpc) is 2.51. The third-order valence-corrected chi connectivity index (χ3v) is 1.17. The Morgan fingerprint density at radius 1 is 1.75 bits per heavy atom. The van der Waals surface area contributed by atoms with Crippen LogP contribution in [0.5, 0.6) is 0 Å². The summed E-state index contributed by atoms with van der Waals surface area (Å²) < 4.78 is 4.97. The summed E-state index contributed by atoms with van der Waals surface area (Å²) >= 11 is 0. The van der Waals surface area contributed by atoms with E-state index in [0.29, 0.717) is 6.10 Å². The van der Waals surface area contributed by atoms with E-state index in [1.54, 1.807) is 0 Å². The van der Waals surface area contributed by atoms with Gasteiger partial charge in [-0.2, -0.15) is 0 Å². The Labute approximate surface area is 50.3 Å². The van der Waals surface area contributed by atoms with Crippen LogP contribution in [0.1, 0.15) is 19.8 Å². The van der Waals surface area contributed by atoms with E-state index in [-0.39, 0.29) is 0 Å². The first-order valence-electron chi connectivity index (χ1n) is 3.21. The van der Waals surface area contributed by atoms with Gasteiger partial charge in [-0.1, -0.05) is 25.5 Å². The first-order valence-corrected chi connectivity index (χ1v) is 3.21. The minimum Gasteiger partial charge on any atom is -0.369 e. The lowest BCUT2D eigenvalue weighted by Gasteiger charge is -1.79. The van der Waals surface area contributed by atoms with Gasteiger partial charge in [0.15, 0.2) is 0 Å². The number of ether oxygens (including phenoxy) is 1. The molecule has 0 unspecified atom stereocenters. The van der Waals surface area contributed by atoms with Gasteiger partial charge >= 0.3 is 0 Å². The van der Waals surface area contributed by atoms with E-state index in [0.717, 1.165) is 6.61 Å². The zero-order valence-electron chi connectivity index (χ0n) is 5.26. The summed E-state index contributed by atoms with van der Waals surface area (Å²) in [7, 11) is 0. The smallest absolute Gasteiger partial charge is 0.0991 e. The molecule has 1 aliphatic heterocycles. The van der Waals surface area contributed by atoms with Crippen LogP contribution in [0, 0.1) is 0 Å². The summed E-state index contributed by atoms with van der Waals surface area (Å²) in [5, 5.41) is 0. The zero-order chi connectivity index (χ0) is 5.82. The molecule has 46 valence electrons. The van der Waals surface area contributed by atoms with Gasteiger partial charge in [-0.25, -0.2) is 0 Å². The Hall–Kier alpha value is -0.300. The Morgan fingerprint density at radius 3 is 3.00 bits per heavy atom. The van der Waals surface area contributed by atoms with E-state index in [1.165, 1.54) is 12.8 Å². The molecule has 0 aromatic heterocycles. The van der Waals surface area contributed by atoms with Crippen LogP contribution in [0.3, 0.4) is 0 Å². The minimum absolute atomic E-state index is 0.474. The van der Waals surface area contributed by atoms with Gasteiger partial charge in [0.2, 0.25) is 0 Å². The van der Waals surface area contributed by atoms with Crippen molar-refractivity contribution in [2.75, 3.05) is 6.61 Å².